The van der Waals surface area contributed by atoms with Crippen LogP contribution < -0.4 is 11.5 Å². The average Bonchev–Trinajstić information content (AvgIpc) is 2.54. The van der Waals surface area contributed by atoms with Gasteiger partial charge in [0, 0.05) is 6.42 Å². The highest BCUT2D eigenvalue weighted by Crippen LogP contribution is 2.32. The molecule has 4 nitrogen and oxygen atoms in total. The zero-order valence-electron chi connectivity index (χ0n) is 13.2. The van der Waals surface area contributed by atoms with E-state index in [2.05, 4.69) is 0 Å². The highest BCUT2D eigenvalue weighted by atomic mass is 19.4. The average molecular weight is 350 g/mol. The lowest BCUT2D eigenvalue weighted by atomic mass is 9.94. The van der Waals surface area contributed by atoms with Gasteiger partial charge in [0.2, 0.25) is 11.8 Å². The fraction of sp³-hybridized carbons (Fsp3) is 0.222. The minimum Gasteiger partial charge on any atom is -0.370 e. The SMILES string of the molecule is NC(=O)C[C@@H](Cc1ccc(-c2cccc(C(F)(F)F)c2)cc1)C(N)=O. The molecule has 0 spiro atoms. The molecule has 0 fully saturated rings. The molecule has 0 aliphatic heterocycles. The molecule has 0 radical (unpaired) electrons. The van der Waals surface area contributed by atoms with Crippen LogP contribution in [0.1, 0.15) is 17.5 Å². The Morgan fingerprint density at radius 1 is 0.960 bits per heavy atom. The molecule has 2 rings (SSSR count). The van der Waals surface area contributed by atoms with Gasteiger partial charge < -0.3 is 11.5 Å². The predicted octanol–water partition coefficient (Wildman–Crippen LogP) is 2.89. The molecule has 0 aromatic heterocycles. The maximum absolute atomic E-state index is 12.8. The van der Waals surface area contributed by atoms with E-state index in [0.29, 0.717) is 11.1 Å². The zero-order chi connectivity index (χ0) is 18.6. The second-order valence-electron chi connectivity index (χ2n) is 5.75. The van der Waals surface area contributed by atoms with Crippen molar-refractivity contribution in [1.82, 2.24) is 0 Å². The first kappa shape index (κ1) is 18.5. The summed E-state index contributed by atoms with van der Waals surface area (Å²) in [6.07, 6.45) is -4.31. The van der Waals surface area contributed by atoms with Gasteiger partial charge in [-0.05, 0) is 35.2 Å². The van der Waals surface area contributed by atoms with E-state index in [4.69, 9.17) is 11.5 Å². The molecular weight excluding hydrogens is 333 g/mol. The molecule has 0 bridgehead atoms. The molecule has 0 saturated heterocycles. The Morgan fingerprint density at radius 2 is 1.60 bits per heavy atom. The topological polar surface area (TPSA) is 86.2 Å². The molecule has 0 heterocycles. The number of hydrogen-bond acceptors (Lipinski definition) is 2. The first-order chi connectivity index (χ1) is 11.7. The van der Waals surface area contributed by atoms with Gasteiger partial charge in [-0.2, -0.15) is 13.2 Å². The fourth-order valence-corrected chi connectivity index (χ4v) is 2.51. The minimum absolute atomic E-state index is 0.148. The Morgan fingerprint density at radius 3 is 2.12 bits per heavy atom. The van der Waals surface area contributed by atoms with Crippen molar-refractivity contribution in [3.05, 3.63) is 59.7 Å². The number of alkyl halides is 3. The summed E-state index contributed by atoms with van der Waals surface area (Å²) in [5.74, 6) is -1.96. The van der Waals surface area contributed by atoms with Crippen molar-refractivity contribution in [3.63, 3.8) is 0 Å². The van der Waals surface area contributed by atoms with E-state index in [1.807, 2.05) is 0 Å². The molecule has 0 aliphatic rings. The summed E-state index contributed by atoms with van der Waals surface area (Å²) in [7, 11) is 0. The van der Waals surface area contributed by atoms with E-state index in [9.17, 15) is 22.8 Å². The highest BCUT2D eigenvalue weighted by molar-refractivity contribution is 5.84. The largest absolute Gasteiger partial charge is 0.416 e. The summed E-state index contributed by atoms with van der Waals surface area (Å²) in [5, 5.41) is 0. The van der Waals surface area contributed by atoms with Crippen molar-refractivity contribution >= 4 is 11.8 Å². The molecule has 2 aromatic carbocycles. The predicted molar refractivity (Wildman–Crippen MR) is 87.1 cm³/mol. The van der Waals surface area contributed by atoms with Crippen LogP contribution in [0.2, 0.25) is 0 Å². The summed E-state index contributed by atoms with van der Waals surface area (Å²) < 4.78 is 38.4. The molecule has 2 amide bonds. The number of amides is 2. The highest BCUT2D eigenvalue weighted by Gasteiger charge is 2.30. The van der Waals surface area contributed by atoms with E-state index in [1.165, 1.54) is 6.07 Å². The van der Waals surface area contributed by atoms with Crippen molar-refractivity contribution in [3.8, 4) is 11.1 Å². The molecule has 4 N–H and O–H groups in total. The molecule has 2 aromatic rings. The molecule has 0 unspecified atom stereocenters. The smallest absolute Gasteiger partial charge is 0.370 e. The van der Waals surface area contributed by atoms with Crippen molar-refractivity contribution < 1.29 is 22.8 Å². The van der Waals surface area contributed by atoms with Crippen molar-refractivity contribution in [1.29, 1.82) is 0 Å². The Kier molecular flexibility index (Phi) is 5.46. The summed E-state index contributed by atoms with van der Waals surface area (Å²) in [6, 6.07) is 11.7. The van der Waals surface area contributed by atoms with Crippen LogP contribution in [0.4, 0.5) is 13.2 Å². The number of halogens is 3. The van der Waals surface area contributed by atoms with Crippen LogP contribution in [0.5, 0.6) is 0 Å². The quantitative estimate of drug-likeness (QED) is 0.839. The summed E-state index contributed by atoms with van der Waals surface area (Å²) in [4.78, 5) is 22.3. The number of carbonyl (C=O) groups excluding carboxylic acids is 2. The molecule has 7 heteroatoms. The second-order valence-corrected chi connectivity index (χ2v) is 5.75. The maximum Gasteiger partial charge on any atom is 0.416 e. The van der Waals surface area contributed by atoms with Crippen LogP contribution >= 0.6 is 0 Å². The van der Waals surface area contributed by atoms with E-state index in [1.54, 1.807) is 30.3 Å². The number of benzene rings is 2. The van der Waals surface area contributed by atoms with Crippen molar-refractivity contribution in [2.45, 2.75) is 19.0 Å². The normalized spacial score (nSPS) is 12.6. The van der Waals surface area contributed by atoms with Gasteiger partial charge in [-0.25, -0.2) is 0 Å². The maximum atomic E-state index is 12.8. The summed E-state index contributed by atoms with van der Waals surface area (Å²) in [5.41, 5.74) is 11.4. The van der Waals surface area contributed by atoms with Gasteiger partial charge in [0.1, 0.15) is 0 Å². The lowest BCUT2D eigenvalue weighted by Gasteiger charge is -2.12. The number of hydrogen-bond donors (Lipinski definition) is 2. The fourth-order valence-electron chi connectivity index (χ4n) is 2.51. The number of primary amides is 2. The van der Waals surface area contributed by atoms with Gasteiger partial charge in [0.05, 0.1) is 11.5 Å². The number of nitrogens with two attached hydrogens (primary N) is 2. The van der Waals surface area contributed by atoms with Crippen LogP contribution in [0.15, 0.2) is 48.5 Å². The Balaban J connectivity index is 2.20. The van der Waals surface area contributed by atoms with Gasteiger partial charge in [0.25, 0.3) is 0 Å². The van der Waals surface area contributed by atoms with E-state index < -0.39 is 29.5 Å². The third-order valence-corrected chi connectivity index (χ3v) is 3.81. The lowest BCUT2D eigenvalue weighted by Crippen LogP contribution is -2.29. The number of carbonyl (C=O) groups is 2. The van der Waals surface area contributed by atoms with Crippen LogP contribution in [-0.4, -0.2) is 11.8 Å². The van der Waals surface area contributed by atoms with Crippen molar-refractivity contribution in [2.75, 3.05) is 0 Å². The molecule has 1 atom stereocenters. The summed E-state index contributed by atoms with van der Waals surface area (Å²) >= 11 is 0. The number of rotatable bonds is 6. The summed E-state index contributed by atoms with van der Waals surface area (Å²) in [6.45, 7) is 0. The van der Waals surface area contributed by atoms with E-state index in [-0.39, 0.29) is 12.8 Å². The first-order valence-corrected chi connectivity index (χ1v) is 7.51. The van der Waals surface area contributed by atoms with Crippen molar-refractivity contribution in [2.24, 2.45) is 17.4 Å². The van der Waals surface area contributed by atoms with Crippen LogP contribution in [0.3, 0.4) is 0 Å². The van der Waals surface area contributed by atoms with Gasteiger partial charge in [-0.3, -0.25) is 9.59 Å². The van der Waals surface area contributed by atoms with Crippen LogP contribution in [0.25, 0.3) is 11.1 Å². The monoisotopic (exact) mass is 350 g/mol. The van der Waals surface area contributed by atoms with Gasteiger partial charge in [0.15, 0.2) is 0 Å². The van der Waals surface area contributed by atoms with Crippen LogP contribution in [0, 0.1) is 5.92 Å². The van der Waals surface area contributed by atoms with E-state index >= 15 is 0 Å². The Hall–Kier alpha value is -2.83. The molecule has 0 saturated carbocycles. The third kappa shape index (κ3) is 5.07. The third-order valence-electron chi connectivity index (χ3n) is 3.81. The molecular formula is C18H17F3N2O2. The zero-order valence-corrected chi connectivity index (χ0v) is 13.2. The molecule has 0 aliphatic carbocycles. The first-order valence-electron chi connectivity index (χ1n) is 7.51. The second kappa shape index (κ2) is 7.38. The van der Waals surface area contributed by atoms with Gasteiger partial charge in [-0.15, -0.1) is 0 Å². The van der Waals surface area contributed by atoms with Gasteiger partial charge >= 0.3 is 6.18 Å². The van der Waals surface area contributed by atoms with Crippen LogP contribution in [-0.2, 0) is 22.2 Å². The van der Waals surface area contributed by atoms with Gasteiger partial charge in [-0.1, -0.05) is 36.4 Å². The standard InChI is InChI=1S/C18H17F3N2O2/c19-18(20,21)15-3-1-2-13(9-15)12-6-4-11(5-7-12)8-14(17(23)25)10-16(22)24/h1-7,9,14H,8,10H2,(H2,22,24)(H2,23,25)/t14-/m1/s1. The Bertz CT molecular complexity index is 771. The molecule has 132 valence electrons. The Labute approximate surface area is 142 Å². The van der Waals surface area contributed by atoms with E-state index in [0.717, 1.165) is 17.7 Å². The molecule has 25 heavy (non-hydrogen) atoms. The minimum atomic E-state index is -4.40. The lowest BCUT2D eigenvalue weighted by molar-refractivity contribution is -0.137.